The molecule has 1 N–H and O–H groups in total. The van der Waals surface area contributed by atoms with Crippen LogP contribution in [0.25, 0.3) is 0 Å². The molecule has 0 unspecified atom stereocenters. The van der Waals surface area contributed by atoms with Crippen LogP contribution in [0.1, 0.15) is 5.56 Å². The minimum Gasteiger partial charge on any atom is -0.502 e. The molecule has 0 radical (unpaired) electrons. The van der Waals surface area contributed by atoms with Crippen molar-refractivity contribution >= 4 is 5.69 Å². The fourth-order valence-electron chi connectivity index (χ4n) is 0.897. The molecule has 5 heteroatoms. The van der Waals surface area contributed by atoms with Crippen LogP contribution in [-0.4, -0.2) is 10.0 Å². The van der Waals surface area contributed by atoms with Crippen LogP contribution in [0.15, 0.2) is 12.1 Å². The fraction of sp³-hybridized carbons (Fsp3) is 0.143. The zero-order valence-corrected chi connectivity index (χ0v) is 6.24. The number of aromatic hydroxyl groups is 1. The molecule has 0 saturated heterocycles. The number of halogens is 1. The molecular weight excluding hydrogens is 165 g/mol. The zero-order chi connectivity index (χ0) is 9.30. The highest BCUT2D eigenvalue weighted by Crippen LogP contribution is 2.29. The Kier molecular flexibility index (Phi) is 1.95. The van der Waals surface area contributed by atoms with Gasteiger partial charge in [0.25, 0.3) is 0 Å². The molecule has 64 valence electrons. The molecule has 0 atom stereocenters. The molecular formula is C7H6FNO3. The summed E-state index contributed by atoms with van der Waals surface area (Å²) in [6.07, 6.45) is 0. The van der Waals surface area contributed by atoms with Crippen molar-refractivity contribution in [3.63, 3.8) is 0 Å². The molecule has 1 rings (SSSR count). The number of aryl methyl sites for hydroxylation is 1. The molecule has 0 aliphatic rings. The Morgan fingerprint density at radius 1 is 1.58 bits per heavy atom. The fourth-order valence-corrected chi connectivity index (χ4v) is 0.897. The van der Waals surface area contributed by atoms with Gasteiger partial charge < -0.3 is 5.11 Å². The summed E-state index contributed by atoms with van der Waals surface area (Å²) < 4.78 is 12.8. The van der Waals surface area contributed by atoms with Crippen LogP contribution in [0.2, 0.25) is 0 Å². The van der Waals surface area contributed by atoms with E-state index in [2.05, 4.69) is 0 Å². The quantitative estimate of drug-likeness (QED) is 0.517. The van der Waals surface area contributed by atoms with Crippen molar-refractivity contribution in [1.29, 1.82) is 0 Å². The molecule has 0 aromatic heterocycles. The Hall–Kier alpha value is -1.65. The van der Waals surface area contributed by atoms with E-state index in [1.807, 2.05) is 0 Å². The number of hydrogen-bond acceptors (Lipinski definition) is 3. The van der Waals surface area contributed by atoms with E-state index in [4.69, 9.17) is 5.11 Å². The van der Waals surface area contributed by atoms with E-state index in [1.165, 1.54) is 6.92 Å². The smallest absolute Gasteiger partial charge is 0.345 e. The summed E-state index contributed by atoms with van der Waals surface area (Å²) in [5.41, 5.74) is -0.434. The molecule has 0 saturated carbocycles. The first-order valence-electron chi connectivity index (χ1n) is 3.16. The molecule has 0 amide bonds. The summed E-state index contributed by atoms with van der Waals surface area (Å²) in [5, 5.41) is 19.1. The Labute approximate surface area is 67.4 Å². The van der Waals surface area contributed by atoms with Crippen molar-refractivity contribution in [3.8, 4) is 5.75 Å². The largest absolute Gasteiger partial charge is 0.502 e. The molecule has 1 aromatic carbocycles. The van der Waals surface area contributed by atoms with E-state index < -0.39 is 22.2 Å². The van der Waals surface area contributed by atoms with Gasteiger partial charge in [0.1, 0.15) is 0 Å². The second-order valence-electron chi connectivity index (χ2n) is 2.37. The molecule has 1 aromatic rings. The summed E-state index contributed by atoms with van der Waals surface area (Å²) in [7, 11) is 0. The maximum atomic E-state index is 12.8. The van der Waals surface area contributed by atoms with Crippen LogP contribution < -0.4 is 0 Å². The predicted molar refractivity (Wildman–Crippen MR) is 39.5 cm³/mol. The third-order valence-electron chi connectivity index (χ3n) is 1.37. The van der Waals surface area contributed by atoms with Crippen LogP contribution in [0, 0.1) is 22.9 Å². The van der Waals surface area contributed by atoms with E-state index in [0.29, 0.717) is 5.56 Å². The Balaban J connectivity index is 3.38. The van der Waals surface area contributed by atoms with Gasteiger partial charge in [0.15, 0.2) is 5.75 Å². The molecule has 0 aliphatic heterocycles. The Bertz CT molecular complexity index is 314. The molecule has 0 bridgehead atoms. The van der Waals surface area contributed by atoms with Gasteiger partial charge in [0, 0.05) is 0 Å². The van der Waals surface area contributed by atoms with Crippen molar-refractivity contribution in [2.45, 2.75) is 6.92 Å². The maximum Gasteiger partial charge on any atom is 0.345 e. The summed E-state index contributed by atoms with van der Waals surface area (Å²) in [6.45, 7) is 1.53. The van der Waals surface area contributed by atoms with Crippen molar-refractivity contribution < 1.29 is 14.4 Å². The lowest BCUT2D eigenvalue weighted by atomic mass is 10.2. The lowest BCUT2D eigenvalue weighted by Crippen LogP contribution is -1.93. The van der Waals surface area contributed by atoms with Crippen LogP contribution in [0.3, 0.4) is 0 Å². The van der Waals surface area contributed by atoms with Crippen molar-refractivity contribution in [2.24, 2.45) is 0 Å². The number of rotatable bonds is 1. The van der Waals surface area contributed by atoms with Crippen LogP contribution >= 0.6 is 0 Å². The number of nitrogens with zero attached hydrogens (tertiary/aromatic N) is 1. The molecule has 12 heavy (non-hydrogen) atoms. The standard InChI is InChI=1S/C7H6FNO3/c1-4-2-5(8)7(9(11)12)6(10)3-4/h2-3,10H,1H3. The highest BCUT2D eigenvalue weighted by atomic mass is 19.1. The van der Waals surface area contributed by atoms with Gasteiger partial charge in [-0.15, -0.1) is 0 Å². The van der Waals surface area contributed by atoms with Crippen LogP contribution in [-0.2, 0) is 0 Å². The number of phenolic OH excluding ortho intramolecular Hbond substituents is 1. The minimum absolute atomic E-state index is 0.440. The SMILES string of the molecule is Cc1cc(O)c([N+](=O)[O-])c(F)c1. The van der Waals surface area contributed by atoms with E-state index in [1.54, 1.807) is 0 Å². The summed E-state index contributed by atoms with van der Waals surface area (Å²) in [6, 6.07) is 2.14. The van der Waals surface area contributed by atoms with Crippen molar-refractivity contribution in [1.82, 2.24) is 0 Å². The lowest BCUT2D eigenvalue weighted by Gasteiger charge is -1.98. The average molecular weight is 171 g/mol. The van der Waals surface area contributed by atoms with Gasteiger partial charge >= 0.3 is 5.69 Å². The van der Waals surface area contributed by atoms with Gasteiger partial charge in [-0.1, -0.05) is 0 Å². The van der Waals surface area contributed by atoms with Gasteiger partial charge in [-0.25, -0.2) is 0 Å². The zero-order valence-electron chi connectivity index (χ0n) is 6.24. The van der Waals surface area contributed by atoms with Gasteiger partial charge in [0.2, 0.25) is 5.82 Å². The first kappa shape index (κ1) is 8.45. The molecule has 0 aliphatic carbocycles. The number of nitro groups is 1. The third kappa shape index (κ3) is 1.34. The van der Waals surface area contributed by atoms with Crippen molar-refractivity contribution in [3.05, 3.63) is 33.6 Å². The third-order valence-corrected chi connectivity index (χ3v) is 1.37. The van der Waals surface area contributed by atoms with E-state index in [9.17, 15) is 14.5 Å². The molecule has 0 spiro atoms. The van der Waals surface area contributed by atoms with Gasteiger partial charge in [0.05, 0.1) is 4.92 Å². The Morgan fingerprint density at radius 3 is 2.58 bits per heavy atom. The molecule has 0 fully saturated rings. The minimum atomic E-state index is -1.02. The summed E-state index contributed by atoms with van der Waals surface area (Å²) >= 11 is 0. The predicted octanol–water partition coefficient (Wildman–Crippen LogP) is 1.75. The maximum absolute atomic E-state index is 12.8. The summed E-state index contributed by atoms with van der Waals surface area (Å²) in [5.74, 6) is -1.66. The second kappa shape index (κ2) is 2.77. The monoisotopic (exact) mass is 171 g/mol. The number of hydrogen-bond donors (Lipinski definition) is 1. The first-order chi connectivity index (χ1) is 5.52. The number of phenols is 1. The van der Waals surface area contributed by atoms with Gasteiger partial charge in [-0.3, -0.25) is 10.1 Å². The van der Waals surface area contributed by atoms with E-state index in [-0.39, 0.29) is 0 Å². The van der Waals surface area contributed by atoms with Crippen LogP contribution in [0.4, 0.5) is 10.1 Å². The average Bonchev–Trinajstić information content (AvgIpc) is 1.82. The molecule has 0 heterocycles. The van der Waals surface area contributed by atoms with Crippen molar-refractivity contribution in [2.75, 3.05) is 0 Å². The Morgan fingerprint density at radius 2 is 2.17 bits per heavy atom. The topological polar surface area (TPSA) is 63.4 Å². The van der Waals surface area contributed by atoms with Gasteiger partial charge in [-0.05, 0) is 24.6 Å². The van der Waals surface area contributed by atoms with Gasteiger partial charge in [-0.2, -0.15) is 4.39 Å². The lowest BCUT2D eigenvalue weighted by molar-refractivity contribution is -0.388. The number of nitro benzene ring substituents is 1. The highest BCUT2D eigenvalue weighted by Gasteiger charge is 2.19. The molecule has 4 nitrogen and oxygen atoms in total. The van der Waals surface area contributed by atoms with E-state index >= 15 is 0 Å². The second-order valence-corrected chi connectivity index (χ2v) is 2.37. The van der Waals surface area contributed by atoms with Crippen LogP contribution in [0.5, 0.6) is 5.75 Å². The summed E-state index contributed by atoms with van der Waals surface area (Å²) in [4.78, 5) is 9.21. The van der Waals surface area contributed by atoms with E-state index in [0.717, 1.165) is 12.1 Å². The number of benzene rings is 1. The first-order valence-corrected chi connectivity index (χ1v) is 3.16. The highest BCUT2D eigenvalue weighted by molar-refractivity contribution is 5.48. The normalized spacial score (nSPS) is 9.83.